The fourth-order valence-electron chi connectivity index (χ4n) is 5.35. The standard InChI is InChI=1S/C30H37N3O3/c1-18(2)27(26-17-21(5)32-36-26)30(35)33-16-8-11-25(33)29(34)31-22(6)23-12-14-24(15-13-23)28-19(3)9-7-10-20(28)4/h7,9-10,12-15,17-18,22,25,27H,8,11,16H2,1-6H3,(H,31,34). The third-order valence-corrected chi connectivity index (χ3v) is 7.26. The van der Waals surface area contributed by atoms with Crippen LogP contribution in [-0.2, 0) is 9.59 Å². The Bertz CT molecular complexity index is 1210. The molecule has 1 aromatic heterocycles. The largest absolute Gasteiger partial charge is 0.360 e. The van der Waals surface area contributed by atoms with E-state index >= 15 is 0 Å². The molecule has 0 bridgehead atoms. The van der Waals surface area contributed by atoms with Crippen LogP contribution in [0.4, 0.5) is 0 Å². The number of rotatable bonds is 7. The van der Waals surface area contributed by atoms with Crippen LogP contribution >= 0.6 is 0 Å². The first-order chi connectivity index (χ1) is 17.2. The highest BCUT2D eigenvalue weighted by molar-refractivity contribution is 5.91. The van der Waals surface area contributed by atoms with Crippen molar-refractivity contribution in [2.24, 2.45) is 5.92 Å². The normalized spacial score (nSPS) is 17.3. The number of nitrogens with one attached hydrogen (secondary N) is 1. The van der Waals surface area contributed by atoms with E-state index in [0.29, 0.717) is 18.7 Å². The minimum Gasteiger partial charge on any atom is -0.360 e. The summed E-state index contributed by atoms with van der Waals surface area (Å²) in [5, 5.41) is 7.11. The van der Waals surface area contributed by atoms with Gasteiger partial charge in [-0.1, -0.05) is 61.5 Å². The molecule has 6 heteroatoms. The van der Waals surface area contributed by atoms with Crippen LogP contribution in [0.25, 0.3) is 11.1 Å². The molecule has 190 valence electrons. The zero-order chi connectivity index (χ0) is 26.0. The molecule has 1 aliphatic heterocycles. The van der Waals surface area contributed by atoms with Gasteiger partial charge in [-0.05, 0) is 74.3 Å². The summed E-state index contributed by atoms with van der Waals surface area (Å²) < 4.78 is 5.44. The fourth-order valence-corrected chi connectivity index (χ4v) is 5.35. The molecule has 0 saturated carbocycles. The second kappa shape index (κ2) is 10.7. The summed E-state index contributed by atoms with van der Waals surface area (Å²) in [5.41, 5.74) is 6.69. The van der Waals surface area contributed by atoms with E-state index < -0.39 is 12.0 Å². The summed E-state index contributed by atoms with van der Waals surface area (Å²) in [5.74, 6) is -0.0262. The molecule has 0 spiro atoms. The third kappa shape index (κ3) is 5.23. The SMILES string of the molecule is Cc1cc(C(C(=O)N2CCCC2C(=O)NC(C)c2ccc(-c3c(C)cccc3C)cc2)C(C)C)on1. The van der Waals surface area contributed by atoms with Crippen LogP contribution in [0.15, 0.2) is 53.1 Å². The van der Waals surface area contributed by atoms with Gasteiger partial charge in [0.25, 0.3) is 0 Å². The van der Waals surface area contributed by atoms with Crippen LogP contribution in [0, 0.1) is 26.7 Å². The third-order valence-electron chi connectivity index (χ3n) is 7.26. The Morgan fingerprint density at radius 3 is 2.28 bits per heavy atom. The van der Waals surface area contributed by atoms with Gasteiger partial charge in [-0.15, -0.1) is 0 Å². The number of aromatic nitrogens is 1. The van der Waals surface area contributed by atoms with Crippen LogP contribution in [0.1, 0.15) is 73.7 Å². The van der Waals surface area contributed by atoms with Gasteiger partial charge in [-0.25, -0.2) is 0 Å². The van der Waals surface area contributed by atoms with Gasteiger partial charge in [0.2, 0.25) is 11.8 Å². The lowest BCUT2D eigenvalue weighted by molar-refractivity contribution is -0.141. The summed E-state index contributed by atoms with van der Waals surface area (Å²) in [6.07, 6.45) is 1.47. The maximum absolute atomic E-state index is 13.6. The van der Waals surface area contributed by atoms with Crippen LogP contribution in [0.2, 0.25) is 0 Å². The quantitative estimate of drug-likeness (QED) is 0.452. The van der Waals surface area contributed by atoms with E-state index in [1.165, 1.54) is 22.3 Å². The van der Waals surface area contributed by atoms with Gasteiger partial charge in [-0.2, -0.15) is 0 Å². The first-order valence-corrected chi connectivity index (χ1v) is 12.9. The van der Waals surface area contributed by atoms with Crippen molar-refractivity contribution in [3.63, 3.8) is 0 Å². The lowest BCUT2D eigenvalue weighted by Gasteiger charge is -2.29. The molecule has 3 aromatic rings. The Labute approximate surface area is 214 Å². The topological polar surface area (TPSA) is 75.4 Å². The molecule has 3 unspecified atom stereocenters. The van der Waals surface area contributed by atoms with E-state index in [0.717, 1.165) is 17.7 Å². The summed E-state index contributed by atoms with van der Waals surface area (Å²) >= 11 is 0. The molecule has 1 fully saturated rings. The van der Waals surface area contributed by atoms with Crippen molar-refractivity contribution in [1.82, 2.24) is 15.4 Å². The Morgan fingerprint density at radius 2 is 1.69 bits per heavy atom. The second-order valence-electron chi connectivity index (χ2n) is 10.4. The van der Waals surface area contributed by atoms with E-state index in [1.807, 2.05) is 33.8 Å². The molecule has 1 N–H and O–H groups in total. The summed E-state index contributed by atoms with van der Waals surface area (Å²) in [6.45, 7) is 12.7. The predicted molar refractivity (Wildman–Crippen MR) is 141 cm³/mol. The Hall–Kier alpha value is -3.41. The Balaban J connectivity index is 1.46. The molecular weight excluding hydrogens is 450 g/mol. The molecule has 1 saturated heterocycles. The van der Waals surface area contributed by atoms with Crippen molar-refractivity contribution in [3.05, 3.63) is 76.7 Å². The second-order valence-corrected chi connectivity index (χ2v) is 10.4. The molecule has 36 heavy (non-hydrogen) atoms. The van der Waals surface area contributed by atoms with Gasteiger partial charge in [0.15, 0.2) is 0 Å². The number of amides is 2. The zero-order valence-corrected chi connectivity index (χ0v) is 22.2. The highest BCUT2D eigenvalue weighted by Gasteiger charge is 2.40. The maximum atomic E-state index is 13.6. The van der Waals surface area contributed by atoms with Crippen molar-refractivity contribution in [1.29, 1.82) is 0 Å². The van der Waals surface area contributed by atoms with E-state index in [-0.39, 0.29) is 23.8 Å². The van der Waals surface area contributed by atoms with Gasteiger partial charge < -0.3 is 14.7 Å². The molecule has 3 atom stereocenters. The number of carbonyl (C=O) groups excluding carboxylic acids is 2. The molecule has 2 amide bonds. The van der Waals surface area contributed by atoms with E-state index in [4.69, 9.17) is 4.52 Å². The number of carbonyl (C=O) groups is 2. The maximum Gasteiger partial charge on any atom is 0.243 e. The lowest BCUT2D eigenvalue weighted by atomic mass is 9.91. The van der Waals surface area contributed by atoms with Gasteiger partial charge in [0.05, 0.1) is 11.7 Å². The molecule has 4 rings (SSSR count). The van der Waals surface area contributed by atoms with Crippen molar-refractivity contribution in [2.45, 2.75) is 72.4 Å². The number of likely N-dealkylation sites (tertiary alicyclic amines) is 1. The van der Waals surface area contributed by atoms with Crippen molar-refractivity contribution < 1.29 is 14.1 Å². The van der Waals surface area contributed by atoms with Gasteiger partial charge in [0, 0.05) is 12.6 Å². The van der Waals surface area contributed by atoms with Crippen molar-refractivity contribution in [3.8, 4) is 11.1 Å². The molecular formula is C30H37N3O3. The van der Waals surface area contributed by atoms with Gasteiger partial charge >= 0.3 is 0 Å². The number of hydrogen-bond acceptors (Lipinski definition) is 4. The lowest BCUT2D eigenvalue weighted by Crippen LogP contribution is -2.48. The van der Waals surface area contributed by atoms with Crippen LogP contribution in [0.3, 0.4) is 0 Å². The Morgan fingerprint density at radius 1 is 1.03 bits per heavy atom. The zero-order valence-electron chi connectivity index (χ0n) is 22.2. The average Bonchev–Trinajstić information content (AvgIpc) is 3.48. The van der Waals surface area contributed by atoms with Crippen LogP contribution in [0.5, 0.6) is 0 Å². The van der Waals surface area contributed by atoms with Crippen molar-refractivity contribution in [2.75, 3.05) is 6.54 Å². The van der Waals surface area contributed by atoms with E-state index in [2.05, 4.69) is 66.8 Å². The number of nitrogens with zero attached hydrogens (tertiary/aromatic N) is 2. The molecule has 1 aliphatic rings. The molecule has 6 nitrogen and oxygen atoms in total. The minimum absolute atomic E-state index is 0.0310. The van der Waals surface area contributed by atoms with Crippen LogP contribution < -0.4 is 5.32 Å². The number of hydrogen-bond donors (Lipinski definition) is 1. The minimum atomic E-state index is -0.473. The first kappa shape index (κ1) is 25.7. The monoisotopic (exact) mass is 487 g/mol. The summed E-state index contributed by atoms with van der Waals surface area (Å²) in [7, 11) is 0. The highest BCUT2D eigenvalue weighted by atomic mass is 16.5. The fraction of sp³-hybridized carbons (Fsp3) is 0.433. The molecule has 0 aliphatic carbocycles. The first-order valence-electron chi connectivity index (χ1n) is 12.9. The summed E-state index contributed by atoms with van der Waals surface area (Å²) in [6, 6.07) is 15.9. The molecule has 2 aromatic carbocycles. The van der Waals surface area contributed by atoms with Gasteiger partial charge in [-0.3, -0.25) is 9.59 Å². The number of aryl methyl sites for hydroxylation is 3. The molecule has 2 heterocycles. The number of benzene rings is 2. The van der Waals surface area contributed by atoms with Gasteiger partial charge in [0.1, 0.15) is 17.7 Å². The Kier molecular flexibility index (Phi) is 7.62. The smallest absolute Gasteiger partial charge is 0.243 e. The highest BCUT2D eigenvalue weighted by Crippen LogP contribution is 2.32. The van der Waals surface area contributed by atoms with Crippen LogP contribution in [-0.4, -0.2) is 34.5 Å². The predicted octanol–water partition coefficient (Wildman–Crippen LogP) is 5.87. The van der Waals surface area contributed by atoms with Crippen molar-refractivity contribution >= 4 is 11.8 Å². The van der Waals surface area contributed by atoms with E-state index in [9.17, 15) is 9.59 Å². The van der Waals surface area contributed by atoms with E-state index in [1.54, 1.807) is 4.90 Å². The average molecular weight is 488 g/mol. The molecule has 0 radical (unpaired) electrons. The summed E-state index contributed by atoms with van der Waals surface area (Å²) in [4.78, 5) is 28.6.